The Morgan fingerprint density at radius 1 is 1.31 bits per heavy atom. The Labute approximate surface area is 150 Å². The van der Waals surface area contributed by atoms with Crippen LogP contribution in [0.25, 0.3) is 0 Å². The smallest absolute Gasteiger partial charge is 0.340 e. The minimum Gasteiger partial charge on any atom is -0.452 e. The Kier molecular flexibility index (Phi) is 5.82. The van der Waals surface area contributed by atoms with Gasteiger partial charge in [-0.1, -0.05) is 11.6 Å². The molecule has 0 bridgehead atoms. The SMILES string of the molecule is N#Cc1cc([N+](=O)[O-])ccc1NC(=O)COC(=O)c1ccc(F)cc1Cl. The Hall–Kier alpha value is -3.51. The summed E-state index contributed by atoms with van der Waals surface area (Å²) < 4.78 is 17.7. The maximum Gasteiger partial charge on any atom is 0.340 e. The third-order valence-corrected chi connectivity index (χ3v) is 3.41. The Morgan fingerprint density at radius 2 is 2.04 bits per heavy atom. The molecule has 2 aromatic rings. The number of anilines is 1. The van der Waals surface area contributed by atoms with E-state index < -0.39 is 29.2 Å². The van der Waals surface area contributed by atoms with Crippen LogP contribution in [-0.4, -0.2) is 23.4 Å². The first-order valence-electron chi connectivity index (χ1n) is 6.92. The third-order valence-electron chi connectivity index (χ3n) is 3.09. The number of esters is 1. The minimum atomic E-state index is -0.936. The second kappa shape index (κ2) is 8.04. The molecule has 2 rings (SSSR count). The lowest BCUT2D eigenvalue weighted by molar-refractivity contribution is -0.384. The second-order valence-electron chi connectivity index (χ2n) is 4.85. The largest absolute Gasteiger partial charge is 0.452 e. The van der Waals surface area contributed by atoms with E-state index >= 15 is 0 Å². The average Bonchev–Trinajstić information content (AvgIpc) is 2.59. The molecule has 10 heteroatoms. The van der Waals surface area contributed by atoms with E-state index in [-0.39, 0.29) is 27.5 Å². The first-order valence-corrected chi connectivity index (χ1v) is 7.30. The Balaban J connectivity index is 2.02. The van der Waals surface area contributed by atoms with Gasteiger partial charge in [0.15, 0.2) is 6.61 Å². The molecule has 0 saturated heterocycles. The van der Waals surface area contributed by atoms with E-state index in [2.05, 4.69) is 5.32 Å². The van der Waals surface area contributed by atoms with Gasteiger partial charge in [-0.15, -0.1) is 0 Å². The molecule has 0 unspecified atom stereocenters. The van der Waals surface area contributed by atoms with Gasteiger partial charge in [-0.25, -0.2) is 9.18 Å². The number of amides is 1. The minimum absolute atomic E-state index is 0.0268. The number of nitro benzene ring substituents is 1. The quantitative estimate of drug-likeness (QED) is 0.485. The lowest BCUT2D eigenvalue weighted by Gasteiger charge is -2.08. The fourth-order valence-electron chi connectivity index (χ4n) is 1.90. The maximum absolute atomic E-state index is 12.9. The molecule has 0 aliphatic rings. The molecule has 0 fully saturated rings. The van der Waals surface area contributed by atoms with Crippen molar-refractivity contribution >= 4 is 34.9 Å². The van der Waals surface area contributed by atoms with Crippen molar-refractivity contribution in [2.24, 2.45) is 0 Å². The number of non-ortho nitro benzene ring substituents is 1. The highest BCUT2D eigenvalue weighted by molar-refractivity contribution is 6.33. The molecule has 0 aliphatic carbocycles. The summed E-state index contributed by atoms with van der Waals surface area (Å²) in [6.07, 6.45) is 0. The van der Waals surface area contributed by atoms with Crippen molar-refractivity contribution in [3.63, 3.8) is 0 Å². The van der Waals surface area contributed by atoms with Crippen LogP contribution in [0.3, 0.4) is 0 Å². The van der Waals surface area contributed by atoms with E-state index in [1.165, 1.54) is 6.07 Å². The summed E-state index contributed by atoms with van der Waals surface area (Å²) in [5.41, 5.74) is -0.523. The van der Waals surface area contributed by atoms with Crippen LogP contribution in [0, 0.1) is 27.3 Å². The molecule has 0 saturated carbocycles. The lowest BCUT2D eigenvalue weighted by Crippen LogP contribution is -2.21. The van der Waals surface area contributed by atoms with Crippen molar-refractivity contribution in [3.05, 3.63) is 68.5 Å². The van der Waals surface area contributed by atoms with Crippen LogP contribution in [0.1, 0.15) is 15.9 Å². The number of ether oxygens (including phenoxy) is 1. The van der Waals surface area contributed by atoms with Crippen LogP contribution in [0.5, 0.6) is 0 Å². The van der Waals surface area contributed by atoms with Crippen LogP contribution >= 0.6 is 11.6 Å². The fourth-order valence-corrected chi connectivity index (χ4v) is 2.14. The summed E-state index contributed by atoms with van der Waals surface area (Å²) >= 11 is 5.72. The van der Waals surface area contributed by atoms with E-state index in [9.17, 15) is 24.1 Å². The zero-order valence-corrected chi connectivity index (χ0v) is 13.6. The maximum atomic E-state index is 12.9. The average molecular weight is 378 g/mol. The van der Waals surface area contributed by atoms with Crippen molar-refractivity contribution in [2.45, 2.75) is 0 Å². The van der Waals surface area contributed by atoms with Gasteiger partial charge in [0.05, 0.1) is 26.8 Å². The van der Waals surface area contributed by atoms with Crippen LogP contribution in [0.2, 0.25) is 5.02 Å². The van der Waals surface area contributed by atoms with Gasteiger partial charge in [-0.2, -0.15) is 5.26 Å². The van der Waals surface area contributed by atoms with E-state index in [0.29, 0.717) is 0 Å². The highest BCUT2D eigenvalue weighted by atomic mass is 35.5. The number of nitrogens with one attached hydrogen (secondary N) is 1. The molecule has 26 heavy (non-hydrogen) atoms. The number of halogens is 2. The van der Waals surface area contributed by atoms with Crippen molar-refractivity contribution < 1.29 is 23.6 Å². The monoisotopic (exact) mass is 377 g/mol. The Bertz CT molecular complexity index is 942. The van der Waals surface area contributed by atoms with Gasteiger partial charge >= 0.3 is 5.97 Å². The fraction of sp³-hybridized carbons (Fsp3) is 0.0625. The van der Waals surface area contributed by atoms with Crippen LogP contribution in [-0.2, 0) is 9.53 Å². The molecular formula is C16H9ClFN3O5. The van der Waals surface area contributed by atoms with Crippen molar-refractivity contribution in [2.75, 3.05) is 11.9 Å². The van der Waals surface area contributed by atoms with Crippen molar-refractivity contribution in [1.29, 1.82) is 5.26 Å². The molecule has 1 amide bonds. The van der Waals surface area contributed by atoms with E-state index in [4.69, 9.17) is 21.6 Å². The topological polar surface area (TPSA) is 122 Å². The predicted octanol–water partition coefficient (Wildman–Crippen LogP) is 3.05. The van der Waals surface area contributed by atoms with Gasteiger partial charge in [0, 0.05) is 12.1 Å². The molecule has 0 spiro atoms. The molecule has 0 heterocycles. The molecule has 0 radical (unpaired) electrons. The van der Waals surface area contributed by atoms with Crippen molar-refractivity contribution in [1.82, 2.24) is 0 Å². The van der Waals surface area contributed by atoms with Gasteiger partial charge in [0.2, 0.25) is 0 Å². The van der Waals surface area contributed by atoms with Crippen LogP contribution < -0.4 is 5.32 Å². The zero-order chi connectivity index (χ0) is 19.3. The molecule has 1 N–H and O–H groups in total. The highest BCUT2D eigenvalue weighted by Gasteiger charge is 2.16. The van der Waals surface area contributed by atoms with Crippen LogP contribution in [0.4, 0.5) is 15.8 Å². The summed E-state index contributed by atoms with van der Waals surface area (Å²) in [5.74, 6) is -2.34. The number of nitrogens with zero attached hydrogens (tertiary/aromatic N) is 2. The molecule has 0 atom stereocenters. The number of hydrogen-bond acceptors (Lipinski definition) is 6. The number of nitro groups is 1. The first-order chi connectivity index (χ1) is 12.3. The highest BCUT2D eigenvalue weighted by Crippen LogP contribution is 2.21. The van der Waals surface area contributed by atoms with Crippen LogP contribution in [0.15, 0.2) is 36.4 Å². The van der Waals surface area contributed by atoms with Gasteiger partial charge in [-0.05, 0) is 24.3 Å². The number of carbonyl (C=O) groups excluding carboxylic acids is 2. The van der Waals surface area contributed by atoms with E-state index in [0.717, 1.165) is 30.3 Å². The molecule has 132 valence electrons. The second-order valence-corrected chi connectivity index (χ2v) is 5.25. The Morgan fingerprint density at radius 3 is 2.65 bits per heavy atom. The normalized spacial score (nSPS) is 9.88. The number of carbonyl (C=O) groups is 2. The number of hydrogen-bond donors (Lipinski definition) is 1. The summed E-state index contributed by atoms with van der Waals surface area (Å²) in [4.78, 5) is 33.7. The summed E-state index contributed by atoms with van der Waals surface area (Å²) in [6, 6.07) is 8.07. The van der Waals surface area contributed by atoms with Gasteiger partial charge in [0.1, 0.15) is 11.9 Å². The molecular weight excluding hydrogens is 369 g/mol. The molecule has 0 aromatic heterocycles. The van der Waals surface area contributed by atoms with Gasteiger partial charge in [-0.3, -0.25) is 14.9 Å². The van der Waals surface area contributed by atoms with Crippen molar-refractivity contribution in [3.8, 4) is 6.07 Å². The molecule has 0 aliphatic heterocycles. The number of nitriles is 1. The summed E-state index contributed by atoms with van der Waals surface area (Å²) in [6.45, 7) is -0.700. The third kappa shape index (κ3) is 4.52. The molecule has 2 aromatic carbocycles. The zero-order valence-electron chi connectivity index (χ0n) is 12.9. The summed E-state index contributed by atoms with van der Waals surface area (Å²) in [7, 11) is 0. The van der Waals surface area contributed by atoms with Gasteiger partial charge in [0.25, 0.3) is 11.6 Å². The predicted molar refractivity (Wildman–Crippen MR) is 88.1 cm³/mol. The standard InChI is InChI=1S/C16H9ClFN3O5/c17-13-6-10(18)1-3-12(13)16(23)26-8-15(22)20-14-4-2-11(21(24)25)5-9(14)7-19/h1-6H,8H2,(H,20,22). The number of rotatable bonds is 5. The molecule has 8 nitrogen and oxygen atoms in total. The first kappa shape index (κ1) is 18.8. The van der Waals surface area contributed by atoms with E-state index in [1.807, 2.05) is 0 Å². The number of benzene rings is 2. The van der Waals surface area contributed by atoms with Gasteiger partial charge < -0.3 is 10.1 Å². The lowest BCUT2D eigenvalue weighted by atomic mass is 10.1. The van der Waals surface area contributed by atoms with E-state index in [1.54, 1.807) is 6.07 Å². The summed E-state index contributed by atoms with van der Waals surface area (Å²) in [5, 5.41) is 21.8.